The maximum Gasteiger partial charge on any atom is 0.244 e. The van der Waals surface area contributed by atoms with Crippen molar-refractivity contribution < 1.29 is 0 Å². The van der Waals surface area contributed by atoms with Gasteiger partial charge in [0.1, 0.15) is 5.82 Å². The summed E-state index contributed by atoms with van der Waals surface area (Å²) in [5.74, 6) is 1.29. The van der Waals surface area contributed by atoms with Crippen LogP contribution in [0.25, 0.3) is 0 Å². The average molecular weight is 272 g/mol. The van der Waals surface area contributed by atoms with Crippen LogP contribution in [0.15, 0.2) is 30.7 Å². The number of aromatic nitrogens is 4. The molecule has 0 saturated heterocycles. The number of nitrogens with one attached hydrogen (secondary N) is 2. The Morgan fingerprint density at radius 2 is 1.95 bits per heavy atom. The lowest BCUT2D eigenvalue weighted by Gasteiger charge is -2.07. The molecule has 0 fully saturated rings. The first kappa shape index (κ1) is 14.2. The van der Waals surface area contributed by atoms with Crippen LogP contribution in [0.4, 0.5) is 11.8 Å². The molecular weight excluding hydrogens is 252 g/mol. The highest BCUT2D eigenvalue weighted by molar-refractivity contribution is 5.37. The van der Waals surface area contributed by atoms with E-state index in [0.29, 0.717) is 12.5 Å². The van der Waals surface area contributed by atoms with Crippen molar-refractivity contribution in [3.63, 3.8) is 0 Å². The monoisotopic (exact) mass is 272 g/mol. The van der Waals surface area contributed by atoms with Gasteiger partial charge in [-0.05, 0) is 24.1 Å². The molecule has 6 heteroatoms. The number of rotatable bonds is 8. The minimum atomic E-state index is 0.530. The summed E-state index contributed by atoms with van der Waals surface area (Å²) in [6.07, 6.45) is 8.74. The molecule has 2 rings (SSSR count). The standard InChI is InChI=1S/C14H20N6/c1-2-3-4-7-16-13-11-18-20-14(19-13)17-10-12-5-8-15-9-6-12/h5-6,8-9,11H,2-4,7,10H2,1H3,(H2,16,17,19,20). The van der Waals surface area contributed by atoms with Crippen molar-refractivity contribution in [3.8, 4) is 0 Å². The Balaban J connectivity index is 1.83. The van der Waals surface area contributed by atoms with Gasteiger partial charge in [0.05, 0.1) is 6.20 Å². The topological polar surface area (TPSA) is 75.6 Å². The van der Waals surface area contributed by atoms with Gasteiger partial charge in [-0.2, -0.15) is 10.1 Å². The Kier molecular flexibility index (Phi) is 5.70. The minimum absolute atomic E-state index is 0.530. The molecule has 2 aromatic rings. The Morgan fingerprint density at radius 3 is 2.75 bits per heavy atom. The fraction of sp³-hybridized carbons (Fsp3) is 0.429. The van der Waals surface area contributed by atoms with Gasteiger partial charge in [-0.3, -0.25) is 4.98 Å². The van der Waals surface area contributed by atoms with Gasteiger partial charge in [0, 0.05) is 25.5 Å². The lowest BCUT2D eigenvalue weighted by molar-refractivity contribution is 0.741. The number of hydrogen-bond acceptors (Lipinski definition) is 6. The van der Waals surface area contributed by atoms with Crippen molar-refractivity contribution in [3.05, 3.63) is 36.3 Å². The van der Waals surface area contributed by atoms with Gasteiger partial charge in [-0.15, -0.1) is 5.10 Å². The van der Waals surface area contributed by atoms with Crippen molar-refractivity contribution in [1.82, 2.24) is 20.2 Å². The van der Waals surface area contributed by atoms with Crippen LogP contribution in [0, 0.1) is 0 Å². The van der Waals surface area contributed by atoms with Crippen molar-refractivity contribution in [2.75, 3.05) is 17.2 Å². The molecule has 0 bridgehead atoms. The molecule has 0 saturated carbocycles. The summed E-state index contributed by atoms with van der Waals surface area (Å²) in [6.45, 7) is 3.76. The summed E-state index contributed by atoms with van der Waals surface area (Å²) in [5.41, 5.74) is 1.13. The van der Waals surface area contributed by atoms with E-state index in [1.54, 1.807) is 18.6 Å². The van der Waals surface area contributed by atoms with Crippen LogP contribution in [0.2, 0.25) is 0 Å². The van der Waals surface area contributed by atoms with Crippen LogP contribution in [0.1, 0.15) is 31.7 Å². The first-order valence-electron chi connectivity index (χ1n) is 6.95. The summed E-state index contributed by atoms with van der Waals surface area (Å²) in [6, 6.07) is 3.90. The van der Waals surface area contributed by atoms with Gasteiger partial charge in [-0.1, -0.05) is 19.8 Å². The molecule has 0 spiro atoms. The largest absolute Gasteiger partial charge is 0.369 e. The molecule has 0 aliphatic carbocycles. The van der Waals surface area contributed by atoms with Crippen LogP contribution in [0.5, 0.6) is 0 Å². The zero-order valence-electron chi connectivity index (χ0n) is 11.7. The second-order valence-corrected chi connectivity index (χ2v) is 4.51. The summed E-state index contributed by atoms with van der Waals surface area (Å²) >= 11 is 0. The maximum absolute atomic E-state index is 4.37. The Hall–Kier alpha value is -2.24. The highest BCUT2D eigenvalue weighted by Crippen LogP contribution is 2.06. The predicted octanol–water partition coefficient (Wildman–Crippen LogP) is 2.48. The zero-order chi connectivity index (χ0) is 14.0. The fourth-order valence-electron chi connectivity index (χ4n) is 1.74. The van der Waals surface area contributed by atoms with Gasteiger partial charge in [0.25, 0.3) is 0 Å². The molecule has 0 amide bonds. The van der Waals surface area contributed by atoms with E-state index in [4.69, 9.17) is 0 Å². The third kappa shape index (κ3) is 4.79. The van der Waals surface area contributed by atoms with Gasteiger partial charge < -0.3 is 10.6 Å². The van der Waals surface area contributed by atoms with E-state index in [1.807, 2.05) is 12.1 Å². The average Bonchev–Trinajstić information content (AvgIpc) is 2.51. The third-order valence-electron chi connectivity index (χ3n) is 2.85. The molecule has 6 nitrogen and oxygen atoms in total. The second-order valence-electron chi connectivity index (χ2n) is 4.51. The molecule has 2 N–H and O–H groups in total. The van der Waals surface area contributed by atoms with E-state index in [1.165, 1.54) is 12.8 Å². The van der Waals surface area contributed by atoms with Crippen molar-refractivity contribution in [2.45, 2.75) is 32.7 Å². The molecule has 0 aromatic carbocycles. The fourth-order valence-corrected chi connectivity index (χ4v) is 1.74. The van der Waals surface area contributed by atoms with Crippen molar-refractivity contribution in [1.29, 1.82) is 0 Å². The first-order chi connectivity index (χ1) is 9.88. The van der Waals surface area contributed by atoms with Crippen LogP contribution in [-0.2, 0) is 6.54 Å². The number of anilines is 2. The third-order valence-corrected chi connectivity index (χ3v) is 2.85. The number of pyridine rings is 1. The molecule has 0 atom stereocenters. The predicted molar refractivity (Wildman–Crippen MR) is 79.4 cm³/mol. The molecule has 2 aromatic heterocycles. The van der Waals surface area contributed by atoms with E-state index < -0.39 is 0 Å². The Morgan fingerprint density at radius 1 is 1.10 bits per heavy atom. The highest BCUT2D eigenvalue weighted by atomic mass is 15.3. The Labute approximate surface area is 119 Å². The molecule has 0 radical (unpaired) electrons. The molecule has 2 heterocycles. The second kappa shape index (κ2) is 8.04. The normalized spacial score (nSPS) is 10.2. The van der Waals surface area contributed by atoms with Crippen LogP contribution >= 0.6 is 0 Å². The molecular formula is C14H20N6. The quantitative estimate of drug-likeness (QED) is 0.719. The van der Waals surface area contributed by atoms with E-state index in [2.05, 4.69) is 37.7 Å². The van der Waals surface area contributed by atoms with E-state index in [-0.39, 0.29) is 0 Å². The summed E-state index contributed by atoms with van der Waals surface area (Å²) < 4.78 is 0. The van der Waals surface area contributed by atoms with Gasteiger partial charge in [-0.25, -0.2) is 0 Å². The molecule has 0 unspecified atom stereocenters. The Bertz CT molecular complexity index is 502. The van der Waals surface area contributed by atoms with Crippen LogP contribution < -0.4 is 10.6 Å². The minimum Gasteiger partial charge on any atom is -0.369 e. The van der Waals surface area contributed by atoms with Crippen LogP contribution in [0.3, 0.4) is 0 Å². The summed E-state index contributed by atoms with van der Waals surface area (Å²) in [5, 5.41) is 14.3. The lowest BCUT2D eigenvalue weighted by atomic mass is 10.2. The van der Waals surface area contributed by atoms with E-state index in [0.717, 1.165) is 24.3 Å². The van der Waals surface area contributed by atoms with Crippen molar-refractivity contribution in [2.24, 2.45) is 0 Å². The number of nitrogens with zero attached hydrogens (tertiary/aromatic N) is 4. The summed E-state index contributed by atoms with van der Waals surface area (Å²) in [7, 11) is 0. The van der Waals surface area contributed by atoms with E-state index in [9.17, 15) is 0 Å². The SMILES string of the molecule is CCCCCNc1cnnc(NCc2ccncc2)n1. The highest BCUT2D eigenvalue weighted by Gasteiger charge is 2.00. The lowest BCUT2D eigenvalue weighted by Crippen LogP contribution is -2.08. The van der Waals surface area contributed by atoms with E-state index >= 15 is 0 Å². The smallest absolute Gasteiger partial charge is 0.244 e. The molecule has 0 aliphatic rings. The van der Waals surface area contributed by atoms with Crippen molar-refractivity contribution >= 4 is 11.8 Å². The molecule has 0 aliphatic heterocycles. The first-order valence-corrected chi connectivity index (χ1v) is 6.95. The summed E-state index contributed by atoms with van der Waals surface area (Å²) in [4.78, 5) is 8.36. The maximum atomic E-state index is 4.37. The van der Waals surface area contributed by atoms with Crippen LogP contribution in [-0.4, -0.2) is 26.7 Å². The molecule has 106 valence electrons. The number of unbranched alkanes of at least 4 members (excludes halogenated alkanes) is 2. The van der Waals surface area contributed by atoms with Gasteiger partial charge in [0.2, 0.25) is 5.95 Å². The zero-order valence-corrected chi connectivity index (χ0v) is 11.7. The number of hydrogen-bond donors (Lipinski definition) is 2. The van der Waals surface area contributed by atoms with Gasteiger partial charge in [0.15, 0.2) is 0 Å². The van der Waals surface area contributed by atoms with Gasteiger partial charge >= 0.3 is 0 Å². The molecule has 20 heavy (non-hydrogen) atoms.